The van der Waals surface area contributed by atoms with Crippen molar-refractivity contribution >= 4 is 17.6 Å². The van der Waals surface area contributed by atoms with Crippen molar-refractivity contribution in [3.63, 3.8) is 0 Å². The zero-order chi connectivity index (χ0) is 18.4. The van der Waals surface area contributed by atoms with Crippen LogP contribution in [0.3, 0.4) is 0 Å². The number of aliphatic hydroxyl groups is 1. The SMILES string of the molecule is O=C(NCC1(O)CCCCC1)NC(c1ccncc1)c1ccc(Cl)cc1. The number of hydrogen-bond acceptors (Lipinski definition) is 3. The molecule has 2 aromatic rings. The van der Waals surface area contributed by atoms with E-state index in [0.29, 0.717) is 5.02 Å². The van der Waals surface area contributed by atoms with Gasteiger partial charge in [-0.3, -0.25) is 4.98 Å². The third-order valence-electron chi connectivity index (χ3n) is 4.88. The Morgan fingerprint density at radius 2 is 1.69 bits per heavy atom. The highest BCUT2D eigenvalue weighted by atomic mass is 35.5. The van der Waals surface area contributed by atoms with Gasteiger partial charge in [-0.25, -0.2) is 4.79 Å². The number of benzene rings is 1. The maximum absolute atomic E-state index is 12.5. The summed E-state index contributed by atoms with van der Waals surface area (Å²) in [6, 6.07) is 10.5. The summed E-state index contributed by atoms with van der Waals surface area (Å²) in [6.45, 7) is 0.266. The van der Waals surface area contributed by atoms with Crippen LogP contribution in [0.5, 0.6) is 0 Å². The molecule has 1 atom stereocenters. The number of nitrogens with one attached hydrogen (secondary N) is 2. The molecule has 1 fully saturated rings. The van der Waals surface area contributed by atoms with E-state index in [1.807, 2.05) is 24.3 Å². The molecule has 0 saturated heterocycles. The average Bonchev–Trinajstić information content (AvgIpc) is 2.67. The Kier molecular flexibility index (Phi) is 6.12. The minimum absolute atomic E-state index is 0.266. The predicted octanol–water partition coefficient (Wildman–Crippen LogP) is 3.82. The Hall–Kier alpha value is -2.11. The van der Waals surface area contributed by atoms with E-state index in [2.05, 4.69) is 15.6 Å². The lowest BCUT2D eigenvalue weighted by molar-refractivity contribution is 0.00715. The van der Waals surface area contributed by atoms with Crippen molar-refractivity contribution in [2.24, 2.45) is 0 Å². The van der Waals surface area contributed by atoms with Gasteiger partial charge in [0, 0.05) is 24.0 Å². The van der Waals surface area contributed by atoms with Crippen molar-refractivity contribution in [2.75, 3.05) is 6.54 Å². The van der Waals surface area contributed by atoms with Crippen LogP contribution >= 0.6 is 11.6 Å². The van der Waals surface area contributed by atoms with Gasteiger partial charge in [0.05, 0.1) is 11.6 Å². The first-order valence-corrected chi connectivity index (χ1v) is 9.36. The third-order valence-corrected chi connectivity index (χ3v) is 5.13. The number of hydrogen-bond donors (Lipinski definition) is 3. The van der Waals surface area contributed by atoms with Crippen molar-refractivity contribution in [3.05, 3.63) is 64.9 Å². The van der Waals surface area contributed by atoms with Gasteiger partial charge in [-0.2, -0.15) is 0 Å². The quantitative estimate of drug-likeness (QED) is 0.745. The minimum Gasteiger partial charge on any atom is -0.388 e. The van der Waals surface area contributed by atoms with Crippen LogP contribution in [0.2, 0.25) is 5.02 Å². The lowest BCUT2D eigenvalue weighted by Gasteiger charge is -2.32. The summed E-state index contributed by atoms with van der Waals surface area (Å²) in [6.07, 6.45) is 8.02. The lowest BCUT2D eigenvalue weighted by Crippen LogP contribution is -2.48. The number of rotatable bonds is 5. The van der Waals surface area contributed by atoms with E-state index in [4.69, 9.17) is 11.6 Å². The first-order chi connectivity index (χ1) is 12.6. The van der Waals surface area contributed by atoms with Crippen LogP contribution in [-0.4, -0.2) is 28.3 Å². The van der Waals surface area contributed by atoms with Crippen LogP contribution in [0.4, 0.5) is 4.79 Å². The van der Waals surface area contributed by atoms with Gasteiger partial charge in [-0.05, 0) is 48.2 Å². The fraction of sp³-hybridized carbons (Fsp3) is 0.400. The van der Waals surface area contributed by atoms with Gasteiger partial charge in [0.1, 0.15) is 0 Å². The molecule has 1 aliphatic carbocycles. The first kappa shape index (κ1) is 18.7. The van der Waals surface area contributed by atoms with Crippen molar-refractivity contribution in [1.29, 1.82) is 0 Å². The highest BCUT2D eigenvalue weighted by Gasteiger charge is 2.29. The molecular weight excluding hydrogens is 350 g/mol. The van der Waals surface area contributed by atoms with E-state index in [1.165, 1.54) is 0 Å². The normalized spacial score (nSPS) is 17.3. The van der Waals surface area contributed by atoms with Crippen LogP contribution in [0.25, 0.3) is 0 Å². The molecule has 138 valence electrons. The van der Waals surface area contributed by atoms with Crippen LogP contribution in [0.15, 0.2) is 48.8 Å². The van der Waals surface area contributed by atoms with E-state index in [9.17, 15) is 9.90 Å². The summed E-state index contributed by atoms with van der Waals surface area (Å²) in [5.74, 6) is 0. The number of pyridine rings is 1. The first-order valence-electron chi connectivity index (χ1n) is 8.98. The van der Waals surface area contributed by atoms with Gasteiger partial charge >= 0.3 is 6.03 Å². The highest BCUT2D eigenvalue weighted by molar-refractivity contribution is 6.30. The van der Waals surface area contributed by atoms with E-state index >= 15 is 0 Å². The van der Waals surface area contributed by atoms with Crippen molar-refractivity contribution in [3.8, 4) is 0 Å². The van der Waals surface area contributed by atoms with Crippen LogP contribution in [-0.2, 0) is 0 Å². The van der Waals surface area contributed by atoms with Crippen LogP contribution < -0.4 is 10.6 Å². The molecule has 1 aromatic carbocycles. The zero-order valence-electron chi connectivity index (χ0n) is 14.6. The Bertz CT molecular complexity index is 716. The molecule has 1 unspecified atom stereocenters. The molecule has 0 spiro atoms. The van der Waals surface area contributed by atoms with Gasteiger partial charge in [-0.1, -0.05) is 43.0 Å². The number of halogens is 1. The number of urea groups is 1. The van der Waals surface area contributed by atoms with E-state index in [1.54, 1.807) is 24.5 Å². The highest BCUT2D eigenvalue weighted by Crippen LogP contribution is 2.27. The third kappa shape index (κ3) is 4.96. The monoisotopic (exact) mass is 373 g/mol. The molecule has 1 saturated carbocycles. The molecular formula is C20H24ClN3O2. The van der Waals surface area contributed by atoms with Crippen molar-refractivity contribution in [1.82, 2.24) is 15.6 Å². The number of carbonyl (C=O) groups excluding carboxylic acids is 1. The Morgan fingerprint density at radius 1 is 1.08 bits per heavy atom. The van der Waals surface area contributed by atoms with Crippen molar-refractivity contribution in [2.45, 2.75) is 43.7 Å². The van der Waals surface area contributed by atoms with Gasteiger partial charge in [0.2, 0.25) is 0 Å². The van der Waals surface area contributed by atoms with Gasteiger partial charge < -0.3 is 15.7 Å². The number of nitrogens with zero attached hydrogens (tertiary/aromatic N) is 1. The Balaban J connectivity index is 1.69. The van der Waals surface area contributed by atoms with Crippen LogP contribution in [0.1, 0.15) is 49.3 Å². The summed E-state index contributed by atoms with van der Waals surface area (Å²) in [5.41, 5.74) is 1.06. The number of aromatic nitrogens is 1. The summed E-state index contributed by atoms with van der Waals surface area (Å²) < 4.78 is 0. The average molecular weight is 374 g/mol. The minimum atomic E-state index is -0.790. The standard InChI is InChI=1S/C20H24ClN3O2/c21-17-6-4-15(5-7-17)18(16-8-12-22-13-9-16)24-19(25)23-14-20(26)10-2-1-3-11-20/h4-9,12-13,18,26H,1-3,10-11,14H2,(H2,23,24,25). The van der Waals surface area contributed by atoms with Gasteiger partial charge in [-0.15, -0.1) is 0 Å². The molecule has 6 heteroatoms. The van der Waals surface area contributed by atoms with Gasteiger partial charge in [0.15, 0.2) is 0 Å². The molecule has 1 aromatic heterocycles. The summed E-state index contributed by atoms with van der Waals surface area (Å²) in [7, 11) is 0. The maximum atomic E-state index is 12.5. The second-order valence-electron chi connectivity index (χ2n) is 6.88. The smallest absolute Gasteiger partial charge is 0.315 e. The Morgan fingerprint density at radius 3 is 2.35 bits per heavy atom. The molecule has 1 heterocycles. The summed E-state index contributed by atoms with van der Waals surface area (Å²) in [5, 5.41) is 17.0. The predicted molar refractivity (Wildman–Crippen MR) is 102 cm³/mol. The molecule has 0 bridgehead atoms. The number of amides is 2. The van der Waals surface area contributed by atoms with Crippen LogP contribution in [0, 0.1) is 0 Å². The topological polar surface area (TPSA) is 74.2 Å². The summed E-state index contributed by atoms with van der Waals surface area (Å²) >= 11 is 5.98. The van der Waals surface area contributed by atoms with E-state index in [-0.39, 0.29) is 18.6 Å². The fourth-order valence-electron chi connectivity index (χ4n) is 3.38. The molecule has 26 heavy (non-hydrogen) atoms. The Labute approximate surface area is 158 Å². The molecule has 3 N–H and O–H groups in total. The summed E-state index contributed by atoms with van der Waals surface area (Å²) in [4.78, 5) is 16.5. The van der Waals surface area contributed by atoms with E-state index < -0.39 is 5.60 Å². The van der Waals surface area contributed by atoms with E-state index in [0.717, 1.165) is 43.2 Å². The second-order valence-corrected chi connectivity index (χ2v) is 7.31. The van der Waals surface area contributed by atoms with Crippen molar-refractivity contribution < 1.29 is 9.90 Å². The molecule has 3 rings (SSSR count). The molecule has 5 nitrogen and oxygen atoms in total. The second kappa shape index (κ2) is 8.52. The van der Waals surface area contributed by atoms with Gasteiger partial charge in [0.25, 0.3) is 0 Å². The molecule has 2 amide bonds. The molecule has 0 radical (unpaired) electrons. The molecule has 0 aliphatic heterocycles. The molecule has 1 aliphatic rings. The zero-order valence-corrected chi connectivity index (χ0v) is 15.4. The fourth-order valence-corrected chi connectivity index (χ4v) is 3.51. The lowest BCUT2D eigenvalue weighted by atomic mass is 9.85. The largest absolute Gasteiger partial charge is 0.388 e. The number of carbonyl (C=O) groups is 1. The maximum Gasteiger partial charge on any atom is 0.315 e.